The number of halogens is 1. The Bertz CT molecular complexity index is 824. The van der Waals surface area contributed by atoms with Crippen molar-refractivity contribution < 1.29 is 10.0 Å². The first-order valence-corrected chi connectivity index (χ1v) is 6.11. The van der Waals surface area contributed by atoms with Gasteiger partial charge in [0.2, 0.25) is 5.88 Å². The lowest BCUT2D eigenvalue weighted by molar-refractivity contribution is -0.385. The van der Waals surface area contributed by atoms with Gasteiger partial charge < -0.3 is 5.11 Å². The monoisotopic (exact) mass is 341 g/mol. The lowest BCUT2D eigenvalue weighted by Gasteiger charge is -2.09. The highest BCUT2D eigenvalue weighted by molar-refractivity contribution is 9.10. The molecule has 0 saturated carbocycles. The quantitative estimate of drug-likeness (QED) is 0.628. The van der Waals surface area contributed by atoms with Crippen LogP contribution in [0.5, 0.6) is 5.88 Å². The average Bonchev–Trinajstić information content (AvgIpc) is 2.37. The normalized spacial score (nSPS) is 10.5. The van der Waals surface area contributed by atoms with Crippen LogP contribution >= 0.6 is 15.9 Å². The summed E-state index contributed by atoms with van der Waals surface area (Å²) in [6, 6.07) is 3.89. The molecule has 0 saturated heterocycles. The van der Waals surface area contributed by atoms with Gasteiger partial charge in [0, 0.05) is 6.07 Å². The van der Waals surface area contributed by atoms with E-state index >= 15 is 0 Å². The fourth-order valence-electron chi connectivity index (χ4n) is 1.63. The second kappa shape index (κ2) is 4.93. The van der Waals surface area contributed by atoms with Gasteiger partial charge in [0.05, 0.1) is 20.6 Å². The summed E-state index contributed by atoms with van der Waals surface area (Å²) >= 11 is 3.02. The number of aromatic amines is 1. The van der Waals surface area contributed by atoms with Crippen LogP contribution in [-0.2, 0) is 0 Å². The number of aromatic nitrogens is 2. The Morgan fingerprint density at radius 3 is 2.65 bits per heavy atom. The Morgan fingerprint density at radius 1 is 1.40 bits per heavy atom. The second-order valence-corrected chi connectivity index (χ2v) is 4.79. The zero-order chi connectivity index (χ0) is 15.0. The molecule has 0 aliphatic heterocycles. The molecule has 1 aromatic carbocycles. The summed E-state index contributed by atoms with van der Waals surface area (Å²) in [7, 11) is 0. The maximum absolute atomic E-state index is 11.7. The van der Waals surface area contributed by atoms with Crippen LogP contribution in [-0.4, -0.2) is 19.6 Å². The van der Waals surface area contributed by atoms with Gasteiger partial charge in [0.1, 0.15) is 0 Å². The minimum Gasteiger partial charge on any atom is -0.494 e. The van der Waals surface area contributed by atoms with Crippen molar-refractivity contribution in [2.45, 2.75) is 6.92 Å². The van der Waals surface area contributed by atoms with Crippen LogP contribution in [0.4, 0.5) is 5.69 Å². The van der Waals surface area contributed by atoms with E-state index in [4.69, 9.17) is 0 Å². The smallest absolute Gasteiger partial charge is 0.335 e. The van der Waals surface area contributed by atoms with Crippen LogP contribution in [0.25, 0.3) is 5.69 Å². The number of nitro benzene ring substituents is 1. The van der Waals surface area contributed by atoms with Crippen molar-refractivity contribution in [3.8, 4) is 11.6 Å². The van der Waals surface area contributed by atoms with Gasteiger partial charge in [-0.05, 0) is 35.0 Å². The molecule has 2 rings (SSSR count). The highest BCUT2D eigenvalue weighted by atomic mass is 79.9. The van der Waals surface area contributed by atoms with Gasteiger partial charge >= 0.3 is 5.69 Å². The standard InChI is InChI=1S/C11H8BrN3O5/c1-5-9(16)13-11(18)14(10(5)17)6-2-3-7(12)8(4-6)15(19)20/h2-4,17H,1H3,(H,13,16,18). The first-order valence-electron chi connectivity index (χ1n) is 5.32. The number of H-pyrrole nitrogens is 1. The summed E-state index contributed by atoms with van der Waals surface area (Å²) in [4.78, 5) is 35.3. The highest BCUT2D eigenvalue weighted by Crippen LogP contribution is 2.28. The van der Waals surface area contributed by atoms with Gasteiger partial charge in [-0.2, -0.15) is 0 Å². The van der Waals surface area contributed by atoms with Crippen LogP contribution in [0.3, 0.4) is 0 Å². The van der Waals surface area contributed by atoms with Crippen molar-refractivity contribution in [3.05, 3.63) is 59.2 Å². The van der Waals surface area contributed by atoms with Crippen LogP contribution in [0.1, 0.15) is 5.56 Å². The van der Waals surface area contributed by atoms with Crippen molar-refractivity contribution >= 4 is 21.6 Å². The van der Waals surface area contributed by atoms with E-state index in [0.717, 1.165) is 10.6 Å². The number of nitrogens with zero attached hydrogens (tertiary/aromatic N) is 2. The lowest BCUT2D eigenvalue weighted by atomic mass is 10.2. The summed E-state index contributed by atoms with van der Waals surface area (Å²) in [5, 5.41) is 20.7. The second-order valence-electron chi connectivity index (χ2n) is 3.94. The first-order chi connectivity index (χ1) is 9.32. The number of hydrogen-bond acceptors (Lipinski definition) is 5. The predicted octanol–water partition coefficient (Wildman–Crippen LogP) is 1.21. The topological polar surface area (TPSA) is 118 Å². The van der Waals surface area contributed by atoms with Crippen molar-refractivity contribution in [1.29, 1.82) is 0 Å². The first kappa shape index (κ1) is 14.0. The number of hydrogen-bond donors (Lipinski definition) is 2. The molecule has 2 aromatic rings. The van der Waals surface area contributed by atoms with Crippen molar-refractivity contribution in [3.63, 3.8) is 0 Å². The summed E-state index contributed by atoms with van der Waals surface area (Å²) in [6.45, 7) is 1.33. The molecule has 9 heteroatoms. The fraction of sp³-hybridized carbons (Fsp3) is 0.0909. The van der Waals surface area contributed by atoms with Gasteiger partial charge in [-0.3, -0.25) is 19.9 Å². The summed E-state index contributed by atoms with van der Waals surface area (Å²) in [5.41, 5.74) is -1.85. The van der Waals surface area contributed by atoms with Crippen LogP contribution in [0, 0.1) is 17.0 Å². The highest BCUT2D eigenvalue weighted by Gasteiger charge is 2.17. The third-order valence-corrected chi connectivity index (χ3v) is 3.37. The van der Waals surface area contributed by atoms with Gasteiger partial charge in [0.25, 0.3) is 11.2 Å². The minimum absolute atomic E-state index is 0.0600. The molecular weight excluding hydrogens is 334 g/mol. The molecule has 0 aliphatic rings. The third kappa shape index (κ3) is 2.23. The fourth-order valence-corrected chi connectivity index (χ4v) is 2.02. The van der Waals surface area contributed by atoms with Crippen LogP contribution in [0.15, 0.2) is 32.3 Å². The van der Waals surface area contributed by atoms with E-state index in [2.05, 4.69) is 15.9 Å². The molecule has 0 unspecified atom stereocenters. The zero-order valence-corrected chi connectivity index (χ0v) is 11.7. The molecule has 8 nitrogen and oxygen atoms in total. The number of benzene rings is 1. The van der Waals surface area contributed by atoms with Gasteiger partial charge in [-0.1, -0.05) is 0 Å². The zero-order valence-electron chi connectivity index (χ0n) is 10.1. The Hall–Kier alpha value is -2.42. The van der Waals surface area contributed by atoms with Crippen LogP contribution < -0.4 is 11.2 Å². The molecule has 20 heavy (non-hydrogen) atoms. The molecule has 0 amide bonds. The number of nitro groups is 1. The van der Waals surface area contributed by atoms with Gasteiger partial charge in [-0.25, -0.2) is 9.36 Å². The molecule has 104 valence electrons. The maximum Gasteiger partial charge on any atom is 0.335 e. The largest absolute Gasteiger partial charge is 0.494 e. The molecule has 1 heterocycles. The SMILES string of the molecule is Cc1c(O)n(-c2ccc(Br)c([N+](=O)[O-])c2)c(=O)[nH]c1=O. The molecule has 1 aromatic heterocycles. The van der Waals surface area contributed by atoms with E-state index in [9.17, 15) is 24.8 Å². The lowest BCUT2D eigenvalue weighted by Crippen LogP contribution is -2.30. The molecule has 0 aliphatic carbocycles. The van der Waals surface area contributed by atoms with E-state index in [-0.39, 0.29) is 21.4 Å². The van der Waals surface area contributed by atoms with E-state index in [0.29, 0.717) is 0 Å². The van der Waals surface area contributed by atoms with Crippen LogP contribution in [0.2, 0.25) is 0 Å². The molecule has 0 radical (unpaired) electrons. The molecular formula is C11H8BrN3O5. The van der Waals surface area contributed by atoms with E-state index in [1.54, 1.807) is 0 Å². The van der Waals surface area contributed by atoms with E-state index < -0.39 is 22.1 Å². The molecule has 0 bridgehead atoms. The Balaban J connectivity index is 2.79. The van der Waals surface area contributed by atoms with Gasteiger partial charge in [0.15, 0.2) is 0 Å². The van der Waals surface area contributed by atoms with Gasteiger partial charge in [-0.15, -0.1) is 0 Å². The molecule has 0 fully saturated rings. The maximum atomic E-state index is 11.7. The Morgan fingerprint density at radius 2 is 2.05 bits per heavy atom. The molecule has 2 N–H and O–H groups in total. The summed E-state index contributed by atoms with van der Waals surface area (Å²) in [5.74, 6) is -0.560. The summed E-state index contributed by atoms with van der Waals surface area (Å²) < 4.78 is 1.02. The number of nitrogens with one attached hydrogen (secondary N) is 1. The number of rotatable bonds is 2. The Kier molecular flexibility index (Phi) is 3.45. The molecule has 0 spiro atoms. The van der Waals surface area contributed by atoms with Crippen molar-refractivity contribution in [2.75, 3.05) is 0 Å². The Labute approximate surface area is 119 Å². The predicted molar refractivity (Wildman–Crippen MR) is 73.4 cm³/mol. The third-order valence-electron chi connectivity index (χ3n) is 2.70. The van der Waals surface area contributed by atoms with Crippen molar-refractivity contribution in [1.82, 2.24) is 9.55 Å². The summed E-state index contributed by atoms with van der Waals surface area (Å²) in [6.07, 6.45) is 0. The molecule has 0 atom stereocenters. The van der Waals surface area contributed by atoms with E-state index in [1.807, 2.05) is 4.98 Å². The van der Waals surface area contributed by atoms with Crippen molar-refractivity contribution in [2.24, 2.45) is 0 Å². The minimum atomic E-state index is -0.880. The number of aromatic hydroxyl groups is 1. The van der Waals surface area contributed by atoms with E-state index in [1.165, 1.54) is 19.1 Å². The average molecular weight is 342 g/mol.